The second kappa shape index (κ2) is 7.66. The first-order valence-corrected chi connectivity index (χ1v) is 8.68. The molecule has 4 rings (SSSR count). The van der Waals surface area contributed by atoms with Crippen molar-refractivity contribution >= 4 is 28.7 Å². The summed E-state index contributed by atoms with van der Waals surface area (Å²) in [6.45, 7) is 0.652. The van der Waals surface area contributed by atoms with Gasteiger partial charge in [0.15, 0.2) is 0 Å². The fourth-order valence-electron chi connectivity index (χ4n) is 3.00. The van der Waals surface area contributed by atoms with E-state index in [0.29, 0.717) is 12.2 Å². The van der Waals surface area contributed by atoms with E-state index in [2.05, 4.69) is 26.7 Å². The number of amides is 2. The molecule has 1 aliphatic rings. The van der Waals surface area contributed by atoms with Gasteiger partial charge in [-0.1, -0.05) is 36.4 Å². The number of rotatable bonds is 4. The van der Waals surface area contributed by atoms with Crippen LogP contribution in [0.4, 0.5) is 16.2 Å². The van der Waals surface area contributed by atoms with E-state index in [1.165, 1.54) is 0 Å². The van der Waals surface area contributed by atoms with Gasteiger partial charge in [-0.3, -0.25) is 9.98 Å². The van der Waals surface area contributed by atoms with E-state index < -0.39 is 0 Å². The van der Waals surface area contributed by atoms with Crippen molar-refractivity contribution in [2.75, 3.05) is 17.2 Å². The maximum atomic E-state index is 12.2. The normalized spacial score (nSPS) is 12.9. The van der Waals surface area contributed by atoms with Crippen LogP contribution in [-0.2, 0) is 0 Å². The van der Waals surface area contributed by atoms with E-state index in [4.69, 9.17) is 0 Å². The lowest BCUT2D eigenvalue weighted by molar-refractivity contribution is 0.262. The average molecular weight is 354 g/mol. The molecule has 2 aromatic carbocycles. The molecule has 1 aliphatic heterocycles. The summed E-state index contributed by atoms with van der Waals surface area (Å²) in [7, 11) is 0. The standard InChI is InChI=1S/C22H18N4O/c27-22(25-18-6-2-1-3-7-18)26-19-8-4-5-17(15-19)21-20(11-14-24-21)16-9-12-23-13-10-16/h1-13,15H,14H2,(H2,25,26,27). The maximum absolute atomic E-state index is 12.2. The van der Waals surface area contributed by atoms with E-state index in [-0.39, 0.29) is 6.03 Å². The van der Waals surface area contributed by atoms with E-state index in [1.807, 2.05) is 66.7 Å². The highest BCUT2D eigenvalue weighted by Crippen LogP contribution is 2.25. The summed E-state index contributed by atoms with van der Waals surface area (Å²) >= 11 is 0. The third-order valence-corrected chi connectivity index (χ3v) is 4.22. The van der Waals surface area contributed by atoms with Crippen LogP contribution in [0.5, 0.6) is 0 Å². The molecular weight excluding hydrogens is 336 g/mol. The highest BCUT2D eigenvalue weighted by molar-refractivity contribution is 6.33. The van der Waals surface area contributed by atoms with Crippen molar-refractivity contribution in [2.45, 2.75) is 0 Å². The zero-order valence-electron chi connectivity index (χ0n) is 14.6. The van der Waals surface area contributed by atoms with Gasteiger partial charge >= 0.3 is 6.03 Å². The highest BCUT2D eigenvalue weighted by Gasteiger charge is 2.16. The zero-order valence-corrected chi connectivity index (χ0v) is 14.6. The number of aromatic nitrogens is 1. The highest BCUT2D eigenvalue weighted by atomic mass is 16.2. The van der Waals surface area contributed by atoms with Crippen LogP contribution in [0.3, 0.4) is 0 Å². The van der Waals surface area contributed by atoms with Crippen molar-refractivity contribution in [3.63, 3.8) is 0 Å². The first-order valence-electron chi connectivity index (χ1n) is 8.68. The number of anilines is 2. The summed E-state index contributed by atoms with van der Waals surface area (Å²) < 4.78 is 0. The summed E-state index contributed by atoms with van der Waals surface area (Å²) in [5, 5.41) is 5.69. The average Bonchev–Trinajstić information content (AvgIpc) is 3.19. The lowest BCUT2D eigenvalue weighted by Gasteiger charge is -2.11. The van der Waals surface area contributed by atoms with Gasteiger partial charge in [0, 0.05) is 34.9 Å². The Morgan fingerprint density at radius 1 is 0.815 bits per heavy atom. The molecule has 0 saturated carbocycles. The summed E-state index contributed by atoms with van der Waals surface area (Å²) in [4.78, 5) is 20.9. The largest absolute Gasteiger partial charge is 0.323 e. The number of para-hydroxylation sites is 1. The molecule has 27 heavy (non-hydrogen) atoms. The van der Waals surface area contributed by atoms with Crippen LogP contribution >= 0.6 is 0 Å². The molecule has 0 bridgehead atoms. The molecule has 5 nitrogen and oxygen atoms in total. The number of nitrogens with one attached hydrogen (secondary N) is 2. The molecule has 0 fully saturated rings. The number of carbonyl (C=O) groups excluding carboxylic acids is 1. The van der Waals surface area contributed by atoms with Crippen LogP contribution in [0.25, 0.3) is 5.57 Å². The molecular formula is C22H18N4O. The molecule has 0 saturated heterocycles. The minimum atomic E-state index is -0.281. The molecule has 0 atom stereocenters. The van der Waals surface area contributed by atoms with Crippen LogP contribution in [0.15, 0.2) is 90.2 Å². The number of allylic oxidation sites excluding steroid dienone is 1. The Bertz CT molecular complexity index is 1010. The second-order valence-corrected chi connectivity index (χ2v) is 6.07. The van der Waals surface area contributed by atoms with Crippen LogP contribution in [0.1, 0.15) is 11.1 Å². The van der Waals surface area contributed by atoms with Crippen LogP contribution in [0, 0.1) is 0 Å². The molecule has 0 radical (unpaired) electrons. The van der Waals surface area contributed by atoms with Crippen molar-refractivity contribution in [1.29, 1.82) is 0 Å². The number of nitrogens with zero attached hydrogens (tertiary/aromatic N) is 2. The maximum Gasteiger partial charge on any atom is 0.323 e. The molecule has 2 heterocycles. The first kappa shape index (κ1) is 16.7. The third-order valence-electron chi connectivity index (χ3n) is 4.22. The molecule has 0 aliphatic carbocycles. The van der Waals surface area contributed by atoms with Crippen LogP contribution < -0.4 is 10.6 Å². The van der Waals surface area contributed by atoms with Gasteiger partial charge in [-0.05, 0) is 42.0 Å². The van der Waals surface area contributed by atoms with Gasteiger partial charge in [-0.2, -0.15) is 0 Å². The van der Waals surface area contributed by atoms with E-state index >= 15 is 0 Å². The lowest BCUT2D eigenvalue weighted by atomic mass is 9.97. The molecule has 0 spiro atoms. The summed E-state index contributed by atoms with van der Waals surface area (Å²) in [5.74, 6) is 0. The van der Waals surface area contributed by atoms with E-state index in [0.717, 1.165) is 28.1 Å². The SMILES string of the molecule is O=C(Nc1ccccc1)Nc1cccc(C2=NCC=C2c2ccncc2)c1. The first-order chi connectivity index (χ1) is 13.3. The van der Waals surface area contributed by atoms with Crippen molar-refractivity contribution in [1.82, 2.24) is 4.98 Å². The summed E-state index contributed by atoms with van der Waals surface area (Å²) in [6, 6.07) is 20.7. The Hall–Kier alpha value is -3.73. The number of aliphatic imine (C=N–C) groups is 1. The molecule has 3 aromatic rings. The minimum absolute atomic E-state index is 0.281. The predicted molar refractivity (Wildman–Crippen MR) is 109 cm³/mol. The molecule has 2 N–H and O–H groups in total. The molecule has 2 amide bonds. The summed E-state index contributed by atoms with van der Waals surface area (Å²) in [5.41, 5.74) is 5.52. The van der Waals surface area contributed by atoms with Gasteiger partial charge in [-0.25, -0.2) is 4.79 Å². The van der Waals surface area contributed by atoms with Crippen molar-refractivity contribution in [2.24, 2.45) is 4.99 Å². The monoisotopic (exact) mass is 354 g/mol. The Kier molecular flexibility index (Phi) is 4.74. The quantitative estimate of drug-likeness (QED) is 0.718. The number of hydrogen-bond donors (Lipinski definition) is 2. The van der Waals surface area contributed by atoms with Gasteiger partial charge in [0.25, 0.3) is 0 Å². The lowest BCUT2D eigenvalue weighted by Crippen LogP contribution is -2.19. The van der Waals surface area contributed by atoms with Gasteiger partial charge in [0.05, 0.1) is 12.3 Å². The van der Waals surface area contributed by atoms with E-state index in [1.54, 1.807) is 12.4 Å². The Morgan fingerprint density at radius 3 is 2.37 bits per heavy atom. The third kappa shape index (κ3) is 3.93. The second-order valence-electron chi connectivity index (χ2n) is 6.07. The molecule has 0 unspecified atom stereocenters. The summed E-state index contributed by atoms with van der Waals surface area (Å²) in [6.07, 6.45) is 5.66. The Balaban J connectivity index is 1.51. The van der Waals surface area contributed by atoms with Gasteiger partial charge in [0.2, 0.25) is 0 Å². The molecule has 5 heteroatoms. The van der Waals surface area contributed by atoms with Gasteiger partial charge in [-0.15, -0.1) is 0 Å². The minimum Gasteiger partial charge on any atom is -0.308 e. The smallest absolute Gasteiger partial charge is 0.308 e. The van der Waals surface area contributed by atoms with Gasteiger partial charge < -0.3 is 10.6 Å². The van der Waals surface area contributed by atoms with Crippen molar-refractivity contribution in [3.8, 4) is 0 Å². The number of pyridine rings is 1. The van der Waals surface area contributed by atoms with E-state index in [9.17, 15) is 4.79 Å². The Labute approximate surface area is 157 Å². The van der Waals surface area contributed by atoms with Crippen molar-refractivity contribution < 1.29 is 4.79 Å². The fraction of sp³-hybridized carbons (Fsp3) is 0.0455. The van der Waals surface area contributed by atoms with Crippen molar-refractivity contribution in [3.05, 3.63) is 96.3 Å². The molecule has 132 valence electrons. The van der Waals surface area contributed by atoms with Crippen LogP contribution in [0.2, 0.25) is 0 Å². The van der Waals surface area contributed by atoms with Gasteiger partial charge in [0.1, 0.15) is 0 Å². The number of hydrogen-bond acceptors (Lipinski definition) is 3. The number of carbonyl (C=O) groups is 1. The van der Waals surface area contributed by atoms with Crippen LogP contribution in [-0.4, -0.2) is 23.3 Å². The molecule has 1 aromatic heterocycles. The number of urea groups is 1. The zero-order chi connectivity index (χ0) is 18.5. The predicted octanol–water partition coefficient (Wildman–Crippen LogP) is 4.61. The topological polar surface area (TPSA) is 66.4 Å². The Morgan fingerprint density at radius 2 is 1.56 bits per heavy atom. The fourth-order valence-corrected chi connectivity index (χ4v) is 3.00. The number of benzene rings is 2.